The van der Waals surface area contributed by atoms with Crippen LogP contribution in [-0.2, 0) is 19.4 Å². The number of morpholine rings is 1. The first kappa shape index (κ1) is 21.9. The summed E-state index contributed by atoms with van der Waals surface area (Å²) in [6.07, 6.45) is 1.58. The highest BCUT2D eigenvalue weighted by Crippen LogP contribution is 2.20. The predicted molar refractivity (Wildman–Crippen MR) is 107 cm³/mol. The summed E-state index contributed by atoms with van der Waals surface area (Å²) in [7, 11) is -1.46. The zero-order valence-electron chi connectivity index (χ0n) is 17.0. The van der Waals surface area contributed by atoms with Gasteiger partial charge in [0, 0.05) is 45.7 Å². The molecule has 0 aromatic heterocycles. The first-order chi connectivity index (χ1) is 12.7. The molecule has 2 heterocycles. The number of carbonyl (C=O) groups is 1. The van der Waals surface area contributed by atoms with Crippen LogP contribution in [0.25, 0.3) is 0 Å². The highest BCUT2D eigenvalue weighted by atomic mass is 32.2. The summed E-state index contributed by atoms with van der Waals surface area (Å²) in [5, 5.41) is 3.16. The Morgan fingerprint density at radius 1 is 1.11 bits per heavy atom. The van der Waals surface area contributed by atoms with E-state index >= 15 is 0 Å². The predicted octanol–water partition coefficient (Wildman–Crippen LogP) is 0.346. The normalized spacial score (nSPS) is 20.7. The smallest absolute Gasteiger partial charge is 0.225 e. The summed E-state index contributed by atoms with van der Waals surface area (Å²) < 4.78 is 29.0. The SMILES string of the molecule is CN=C(NCCS(=O)(=O)C(C)(C)C)N1CCC(C(=O)N2CCOCC2)CC1. The van der Waals surface area contributed by atoms with Gasteiger partial charge in [0.05, 0.1) is 23.7 Å². The lowest BCUT2D eigenvalue weighted by molar-refractivity contribution is -0.140. The van der Waals surface area contributed by atoms with Crippen molar-refractivity contribution in [3.63, 3.8) is 0 Å². The Morgan fingerprint density at radius 3 is 2.22 bits per heavy atom. The van der Waals surface area contributed by atoms with Gasteiger partial charge in [0.25, 0.3) is 0 Å². The maximum Gasteiger partial charge on any atom is 0.225 e. The van der Waals surface area contributed by atoms with E-state index in [1.807, 2.05) is 4.90 Å². The highest BCUT2D eigenvalue weighted by molar-refractivity contribution is 7.92. The first-order valence-corrected chi connectivity index (χ1v) is 11.4. The van der Waals surface area contributed by atoms with Crippen LogP contribution in [0.2, 0.25) is 0 Å². The molecule has 0 atom stereocenters. The van der Waals surface area contributed by atoms with E-state index in [9.17, 15) is 13.2 Å². The number of nitrogens with one attached hydrogen (secondary N) is 1. The molecule has 0 aromatic rings. The summed E-state index contributed by atoms with van der Waals surface area (Å²) in [5.74, 6) is 1.06. The van der Waals surface area contributed by atoms with Crippen molar-refractivity contribution in [2.75, 3.05) is 58.7 Å². The van der Waals surface area contributed by atoms with Crippen molar-refractivity contribution < 1.29 is 17.9 Å². The molecular weight excluding hydrogens is 368 g/mol. The lowest BCUT2D eigenvalue weighted by Gasteiger charge is -2.36. The second kappa shape index (κ2) is 9.23. The molecule has 0 aliphatic carbocycles. The summed E-state index contributed by atoms with van der Waals surface area (Å²) in [4.78, 5) is 20.9. The van der Waals surface area contributed by atoms with Crippen molar-refractivity contribution >= 4 is 21.7 Å². The minimum atomic E-state index is -3.16. The Bertz CT molecular complexity index is 628. The molecule has 0 aromatic carbocycles. The fraction of sp³-hybridized carbons (Fsp3) is 0.889. The number of ether oxygens (including phenoxy) is 1. The number of amides is 1. The van der Waals surface area contributed by atoms with Gasteiger partial charge in [-0.2, -0.15) is 0 Å². The average molecular weight is 403 g/mol. The zero-order chi connectivity index (χ0) is 20.1. The molecule has 0 unspecified atom stereocenters. The van der Waals surface area contributed by atoms with Crippen molar-refractivity contribution in [3.05, 3.63) is 0 Å². The standard InChI is InChI=1S/C18H34N4O4S/c1-18(2,3)27(24,25)14-7-20-17(19-4)22-8-5-15(6-9-22)16(23)21-10-12-26-13-11-21/h15H,5-14H2,1-4H3,(H,19,20). The zero-order valence-corrected chi connectivity index (χ0v) is 17.8. The molecule has 0 spiro atoms. The molecule has 0 radical (unpaired) electrons. The number of aliphatic imine (C=N–C) groups is 1. The third-order valence-corrected chi connectivity index (χ3v) is 7.87. The number of hydrogen-bond acceptors (Lipinski definition) is 5. The van der Waals surface area contributed by atoms with Crippen LogP contribution in [-0.4, -0.2) is 93.6 Å². The molecule has 1 N–H and O–H groups in total. The number of guanidine groups is 1. The number of rotatable bonds is 4. The maximum atomic E-state index is 12.6. The average Bonchev–Trinajstić information content (AvgIpc) is 2.64. The van der Waals surface area contributed by atoms with Crippen molar-refractivity contribution in [2.24, 2.45) is 10.9 Å². The van der Waals surface area contributed by atoms with Gasteiger partial charge in [0.2, 0.25) is 5.91 Å². The molecule has 2 fully saturated rings. The number of carbonyl (C=O) groups excluding carboxylic acids is 1. The topological polar surface area (TPSA) is 91.3 Å². The van der Waals surface area contributed by atoms with Crippen LogP contribution in [0.4, 0.5) is 0 Å². The summed E-state index contributed by atoms with van der Waals surface area (Å²) in [5.41, 5.74) is 0. The van der Waals surface area contributed by atoms with Crippen LogP contribution in [0, 0.1) is 5.92 Å². The number of piperidine rings is 1. The Morgan fingerprint density at radius 2 is 1.70 bits per heavy atom. The number of hydrogen-bond donors (Lipinski definition) is 1. The van der Waals surface area contributed by atoms with Gasteiger partial charge in [-0.1, -0.05) is 0 Å². The first-order valence-electron chi connectivity index (χ1n) is 9.70. The van der Waals surface area contributed by atoms with E-state index in [2.05, 4.69) is 15.2 Å². The minimum absolute atomic E-state index is 0.0544. The Hall–Kier alpha value is -1.35. The molecular formula is C18H34N4O4S. The molecule has 2 aliphatic heterocycles. The van der Waals surface area contributed by atoms with Crippen LogP contribution in [0.1, 0.15) is 33.6 Å². The van der Waals surface area contributed by atoms with Crippen LogP contribution in [0.15, 0.2) is 4.99 Å². The molecule has 1 amide bonds. The van der Waals surface area contributed by atoms with Gasteiger partial charge >= 0.3 is 0 Å². The molecule has 156 valence electrons. The van der Waals surface area contributed by atoms with E-state index in [-0.39, 0.29) is 17.6 Å². The van der Waals surface area contributed by atoms with Crippen LogP contribution >= 0.6 is 0 Å². The summed E-state index contributed by atoms with van der Waals surface area (Å²) in [6, 6.07) is 0. The Labute approximate surface area is 163 Å². The largest absolute Gasteiger partial charge is 0.378 e. The van der Waals surface area contributed by atoms with Crippen molar-refractivity contribution in [1.29, 1.82) is 0 Å². The molecule has 2 aliphatic rings. The van der Waals surface area contributed by atoms with E-state index in [1.165, 1.54) is 0 Å². The quantitative estimate of drug-likeness (QED) is 0.539. The molecule has 0 saturated carbocycles. The second-order valence-corrected chi connectivity index (χ2v) is 11.0. The lowest BCUT2D eigenvalue weighted by Crippen LogP contribution is -2.50. The fourth-order valence-electron chi connectivity index (χ4n) is 3.32. The van der Waals surface area contributed by atoms with Gasteiger partial charge in [-0.05, 0) is 33.6 Å². The minimum Gasteiger partial charge on any atom is -0.378 e. The van der Waals surface area contributed by atoms with Crippen LogP contribution in [0.3, 0.4) is 0 Å². The van der Waals surface area contributed by atoms with Crippen molar-refractivity contribution in [1.82, 2.24) is 15.1 Å². The Balaban J connectivity index is 1.80. The molecule has 2 saturated heterocycles. The van der Waals surface area contributed by atoms with E-state index < -0.39 is 14.6 Å². The molecule has 2 rings (SSSR count). The molecule has 8 nitrogen and oxygen atoms in total. The maximum absolute atomic E-state index is 12.6. The number of nitrogens with zero attached hydrogens (tertiary/aromatic N) is 3. The molecule has 27 heavy (non-hydrogen) atoms. The van der Waals surface area contributed by atoms with E-state index in [1.54, 1.807) is 27.8 Å². The highest BCUT2D eigenvalue weighted by Gasteiger charge is 2.31. The van der Waals surface area contributed by atoms with E-state index in [0.29, 0.717) is 38.8 Å². The van der Waals surface area contributed by atoms with Gasteiger partial charge in [-0.25, -0.2) is 8.42 Å². The molecule has 0 bridgehead atoms. The van der Waals surface area contributed by atoms with Gasteiger partial charge in [0.1, 0.15) is 0 Å². The van der Waals surface area contributed by atoms with Crippen LogP contribution in [0.5, 0.6) is 0 Å². The monoisotopic (exact) mass is 402 g/mol. The van der Waals surface area contributed by atoms with Crippen LogP contribution < -0.4 is 5.32 Å². The lowest BCUT2D eigenvalue weighted by atomic mass is 9.95. The third-order valence-electron chi connectivity index (χ3n) is 5.27. The fourth-order valence-corrected chi connectivity index (χ4v) is 4.30. The van der Waals surface area contributed by atoms with Gasteiger partial charge in [-0.3, -0.25) is 9.79 Å². The summed E-state index contributed by atoms with van der Waals surface area (Å²) >= 11 is 0. The van der Waals surface area contributed by atoms with Crippen molar-refractivity contribution in [3.8, 4) is 0 Å². The van der Waals surface area contributed by atoms with Gasteiger partial charge in [0.15, 0.2) is 15.8 Å². The Kier molecular flexibility index (Phi) is 7.50. The van der Waals surface area contributed by atoms with E-state index in [4.69, 9.17) is 4.74 Å². The third kappa shape index (κ3) is 5.81. The number of sulfone groups is 1. The van der Waals surface area contributed by atoms with E-state index in [0.717, 1.165) is 25.9 Å². The molecule has 9 heteroatoms. The van der Waals surface area contributed by atoms with Gasteiger partial charge in [-0.15, -0.1) is 0 Å². The summed E-state index contributed by atoms with van der Waals surface area (Å²) in [6.45, 7) is 9.58. The van der Waals surface area contributed by atoms with Crippen molar-refractivity contribution in [2.45, 2.75) is 38.4 Å². The van der Waals surface area contributed by atoms with Gasteiger partial charge < -0.3 is 19.9 Å². The number of likely N-dealkylation sites (tertiary alicyclic amines) is 1. The second-order valence-electron chi connectivity index (χ2n) is 8.10.